The summed E-state index contributed by atoms with van der Waals surface area (Å²) < 4.78 is 0. The van der Waals surface area contributed by atoms with Crippen molar-refractivity contribution in [2.45, 2.75) is 50.6 Å². The van der Waals surface area contributed by atoms with Gasteiger partial charge in [0.1, 0.15) is 0 Å². The van der Waals surface area contributed by atoms with Crippen molar-refractivity contribution in [3.8, 4) is 0 Å². The summed E-state index contributed by atoms with van der Waals surface area (Å²) in [6.07, 6.45) is 9.18. The van der Waals surface area contributed by atoms with E-state index < -0.39 is 0 Å². The van der Waals surface area contributed by atoms with Crippen LogP contribution in [0.25, 0.3) is 0 Å². The number of aryl methyl sites for hydroxylation is 1. The number of rotatable bonds is 4. The van der Waals surface area contributed by atoms with E-state index in [2.05, 4.69) is 10.3 Å². The van der Waals surface area contributed by atoms with Crippen molar-refractivity contribution in [3.05, 3.63) is 30.1 Å². The fourth-order valence-electron chi connectivity index (χ4n) is 2.43. The molecule has 1 fully saturated rings. The fourth-order valence-corrected chi connectivity index (χ4v) is 2.43. The monoisotopic (exact) mass is 247 g/mol. The molecule has 1 saturated carbocycles. The van der Waals surface area contributed by atoms with E-state index in [0.29, 0.717) is 6.42 Å². The van der Waals surface area contributed by atoms with Crippen LogP contribution in [0.15, 0.2) is 24.5 Å². The smallest absolute Gasteiger partial charge is 0.220 e. The van der Waals surface area contributed by atoms with Crippen LogP contribution in [0.3, 0.4) is 0 Å². The van der Waals surface area contributed by atoms with Gasteiger partial charge in [-0.05, 0) is 37.0 Å². The number of nitrogens with one attached hydrogen (secondary N) is 1. The fraction of sp³-hybridized carbons (Fsp3) is 0.571. The second-order valence-electron chi connectivity index (χ2n) is 4.98. The predicted octanol–water partition coefficient (Wildman–Crippen LogP) is 1.40. The molecule has 2 rings (SSSR count). The number of amides is 1. The zero-order valence-electron chi connectivity index (χ0n) is 10.6. The molecule has 4 nitrogen and oxygen atoms in total. The lowest BCUT2D eigenvalue weighted by atomic mass is 9.91. The molecule has 0 unspecified atom stereocenters. The van der Waals surface area contributed by atoms with Crippen LogP contribution >= 0.6 is 0 Å². The Bertz CT molecular complexity index is 380. The minimum atomic E-state index is 0.106. The van der Waals surface area contributed by atoms with E-state index in [9.17, 15) is 4.79 Å². The van der Waals surface area contributed by atoms with Crippen molar-refractivity contribution in [3.63, 3.8) is 0 Å². The van der Waals surface area contributed by atoms with Crippen LogP contribution in [0, 0.1) is 0 Å². The summed E-state index contributed by atoms with van der Waals surface area (Å²) in [5.41, 5.74) is 7.16. The Morgan fingerprint density at radius 2 is 2.06 bits per heavy atom. The number of pyridine rings is 1. The Hall–Kier alpha value is -1.42. The number of aromatic nitrogens is 1. The van der Waals surface area contributed by atoms with E-state index in [1.165, 1.54) is 12.8 Å². The topological polar surface area (TPSA) is 68.0 Å². The maximum absolute atomic E-state index is 11.8. The molecule has 0 saturated heterocycles. The number of hydrogen-bond acceptors (Lipinski definition) is 3. The average molecular weight is 247 g/mol. The first-order valence-electron chi connectivity index (χ1n) is 6.69. The Balaban J connectivity index is 1.75. The molecule has 0 radical (unpaired) electrons. The van der Waals surface area contributed by atoms with Crippen molar-refractivity contribution in [1.82, 2.24) is 10.3 Å². The molecule has 4 heteroatoms. The standard InChI is InChI=1S/C14H21N3O/c15-12-3-1-2-4-13(12)17-14(18)6-5-11-7-9-16-10-8-11/h7-10,12-13H,1-6,15H2,(H,17,18)/t12-,13-/m1/s1. The molecule has 0 aliphatic heterocycles. The van der Waals surface area contributed by atoms with Crippen LogP contribution in [-0.4, -0.2) is 23.0 Å². The van der Waals surface area contributed by atoms with Crippen molar-refractivity contribution in [2.24, 2.45) is 5.73 Å². The van der Waals surface area contributed by atoms with Crippen LogP contribution in [0.1, 0.15) is 37.7 Å². The molecule has 18 heavy (non-hydrogen) atoms. The summed E-state index contributed by atoms with van der Waals surface area (Å²) in [5.74, 6) is 0.106. The van der Waals surface area contributed by atoms with Gasteiger partial charge in [0.2, 0.25) is 5.91 Å². The van der Waals surface area contributed by atoms with Crippen LogP contribution in [0.5, 0.6) is 0 Å². The zero-order valence-corrected chi connectivity index (χ0v) is 10.6. The van der Waals surface area contributed by atoms with Crippen molar-refractivity contribution < 1.29 is 4.79 Å². The largest absolute Gasteiger partial charge is 0.352 e. The minimum absolute atomic E-state index is 0.106. The van der Waals surface area contributed by atoms with Gasteiger partial charge in [-0.1, -0.05) is 12.8 Å². The molecule has 98 valence electrons. The van der Waals surface area contributed by atoms with E-state index in [-0.39, 0.29) is 18.0 Å². The Morgan fingerprint density at radius 1 is 1.33 bits per heavy atom. The molecular weight excluding hydrogens is 226 g/mol. The van der Waals surface area contributed by atoms with Gasteiger partial charge in [0.15, 0.2) is 0 Å². The lowest BCUT2D eigenvalue weighted by Gasteiger charge is -2.29. The molecule has 1 aliphatic rings. The van der Waals surface area contributed by atoms with E-state index in [0.717, 1.165) is 24.8 Å². The maximum atomic E-state index is 11.8. The maximum Gasteiger partial charge on any atom is 0.220 e. The number of hydrogen-bond donors (Lipinski definition) is 2. The van der Waals surface area contributed by atoms with Gasteiger partial charge in [0.25, 0.3) is 0 Å². The summed E-state index contributed by atoms with van der Waals surface area (Å²) in [5, 5.41) is 3.06. The lowest BCUT2D eigenvalue weighted by Crippen LogP contribution is -2.49. The minimum Gasteiger partial charge on any atom is -0.352 e. The van der Waals surface area contributed by atoms with Gasteiger partial charge < -0.3 is 11.1 Å². The van der Waals surface area contributed by atoms with E-state index in [4.69, 9.17) is 5.73 Å². The van der Waals surface area contributed by atoms with Crippen molar-refractivity contribution >= 4 is 5.91 Å². The van der Waals surface area contributed by atoms with Gasteiger partial charge in [0, 0.05) is 30.9 Å². The summed E-state index contributed by atoms with van der Waals surface area (Å²) in [6, 6.07) is 4.19. The third-order valence-corrected chi connectivity index (χ3v) is 3.56. The number of nitrogens with two attached hydrogens (primary N) is 1. The van der Waals surface area contributed by atoms with Crippen LogP contribution in [-0.2, 0) is 11.2 Å². The zero-order chi connectivity index (χ0) is 12.8. The molecule has 1 amide bonds. The van der Waals surface area contributed by atoms with Crippen LogP contribution < -0.4 is 11.1 Å². The van der Waals surface area contributed by atoms with E-state index in [1.54, 1.807) is 12.4 Å². The van der Waals surface area contributed by atoms with Gasteiger partial charge in [-0.3, -0.25) is 9.78 Å². The average Bonchev–Trinajstić information content (AvgIpc) is 2.40. The summed E-state index contributed by atoms with van der Waals surface area (Å²) in [6.45, 7) is 0. The first-order chi connectivity index (χ1) is 8.75. The highest BCUT2D eigenvalue weighted by atomic mass is 16.1. The van der Waals surface area contributed by atoms with Crippen LogP contribution in [0.2, 0.25) is 0 Å². The quantitative estimate of drug-likeness (QED) is 0.845. The highest BCUT2D eigenvalue weighted by molar-refractivity contribution is 5.76. The molecule has 1 aliphatic carbocycles. The number of carbonyl (C=O) groups excluding carboxylic acids is 1. The van der Waals surface area contributed by atoms with Gasteiger partial charge in [-0.2, -0.15) is 0 Å². The van der Waals surface area contributed by atoms with Gasteiger partial charge in [0.05, 0.1) is 0 Å². The summed E-state index contributed by atoms with van der Waals surface area (Å²) >= 11 is 0. The molecule has 0 bridgehead atoms. The lowest BCUT2D eigenvalue weighted by molar-refractivity contribution is -0.122. The normalized spacial score (nSPS) is 23.6. The summed E-state index contributed by atoms with van der Waals surface area (Å²) in [4.78, 5) is 15.8. The number of nitrogens with zero attached hydrogens (tertiary/aromatic N) is 1. The molecule has 1 aromatic rings. The predicted molar refractivity (Wildman–Crippen MR) is 70.9 cm³/mol. The third-order valence-electron chi connectivity index (χ3n) is 3.56. The number of carbonyl (C=O) groups is 1. The Kier molecular flexibility index (Phi) is 4.70. The summed E-state index contributed by atoms with van der Waals surface area (Å²) in [7, 11) is 0. The molecule has 3 N–H and O–H groups in total. The Labute approximate surface area is 108 Å². The molecule has 0 aromatic carbocycles. The van der Waals surface area contributed by atoms with E-state index >= 15 is 0 Å². The van der Waals surface area contributed by atoms with Gasteiger partial charge in [-0.25, -0.2) is 0 Å². The SMILES string of the molecule is N[C@@H]1CCCC[C@H]1NC(=O)CCc1ccncc1. The van der Waals surface area contributed by atoms with E-state index in [1.807, 2.05) is 12.1 Å². The van der Waals surface area contributed by atoms with Crippen LogP contribution in [0.4, 0.5) is 0 Å². The second-order valence-corrected chi connectivity index (χ2v) is 4.98. The molecular formula is C14H21N3O. The highest BCUT2D eigenvalue weighted by Crippen LogP contribution is 2.17. The first kappa shape index (κ1) is 13.0. The first-order valence-corrected chi connectivity index (χ1v) is 6.69. The van der Waals surface area contributed by atoms with Crippen molar-refractivity contribution in [2.75, 3.05) is 0 Å². The third kappa shape index (κ3) is 3.81. The molecule has 0 spiro atoms. The van der Waals surface area contributed by atoms with Gasteiger partial charge in [-0.15, -0.1) is 0 Å². The molecule has 1 heterocycles. The second kappa shape index (κ2) is 6.50. The molecule has 2 atom stereocenters. The van der Waals surface area contributed by atoms with Crippen molar-refractivity contribution in [1.29, 1.82) is 0 Å². The van der Waals surface area contributed by atoms with Gasteiger partial charge >= 0.3 is 0 Å². The highest BCUT2D eigenvalue weighted by Gasteiger charge is 2.22. The Morgan fingerprint density at radius 3 is 2.78 bits per heavy atom. The molecule has 1 aromatic heterocycles.